The van der Waals surface area contributed by atoms with Crippen LogP contribution in [0.2, 0.25) is 0 Å². The fourth-order valence-electron chi connectivity index (χ4n) is 2.62. The highest BCUT2D eigenvalue weighted by Gasteiger charge is 2.24. The average Bonchev–Trinajstić information content (AvgIpc) is 2.96. The molecule has 1 aliphatic heterocycles. The van der Waals surface area contributed by atoms with Gasteiger partial charge in [0, 0.05) is 23.7 Å². The molecule has 17 heavy (non-hydrogen) atoms. The van der Waals surface area contributed by atoms with Crippen LogP contribution in [0.15, 0.2) is 0 Å². The Morgan fingerprint density at radius 2 is 2.24 bits per heavy atom. The summed E-state index contributed by atoms with van der Waals surface area (Å²) in [5.74, 6) is -0.0556. The Bertz CT molecular complexity index is 421. The van der Waals surface area contributed by atoms with E-state index in [1.165, 1.54) is 12.8 Å². The third-order valence-electron chi connectivity index (χ3n) is 3.60. The number of amides is 1. The molecule has 0 saturated heterocycles. The molecule has 1 fully saturated rings. The Morgan fingerprint density at radius 1 is 1.41 bits per heavy atom. The summed E-state index contributed by atoms with van der Waals surface area (Å²) in [5, 5.41) is 10.1. The molecule has 0 aromatic carbocycles. The Labute approximate surface area is 99.9 Å². The molecule has 1 aliphatic carbocycles. The molecule has 1 amide bonds. The molecule has 1 saturated carbocycles. The van der Waals surface area contributed by atoms with Gasteiger partial charge >= 0.3 is 0 Å². The van der Waals surface area contributed by atoms with Crippen molar-refractivity contribution < 1.29 is 9.53 Å². The first-order chi connectivity index (χ1) is 8.34. The first-order valence-electron chi connectivity index (χ1n) is 6.29. The number of rotatable bonds is 2. The number of carbonyl (C=O) groups excluding carboxylic acids is 1. The molecule has 5 heteroatoms. The predicted molar refractivity (Wildman–Crippen MR) is 61.7 cm³/mol. The minimum atomic E-state index is -0.0556. The predicted octanol–water partition coefficient (Wildman–Crippen LogP) is 1.15. The molecular formula is C12H17N3O2. The van der Waals surface area contributed by atoms with Crippen LogP contribution in [0.5, 0.6) is 0 Å². The highest BCUT2D eigenvalue weighted by Crippen LogP contribution is 2.20. The van der Waals surface area contributed by atoms with E-state index in [1.807, 2.05) is 0 Å². The second-order valence-corrected chi connectivity index (χ2v) is 4.79. The van der Waals surface area contributed by atoms with E-state index in [1.54, 1.807) is 0 Å². The van der Waals surface area contributed by atoms with E-state index in [0.717, 1.165) is 30.5 Å². The van der Waals surface area contributed by atoms with Crippen molar-refractivity contribution in [3.05, 3.63) is 17.0 Å². The van der Waals surface area contributed by atoms with E-state index in [4.69, 9.17) is 4.74 Å². The highest BCUT2D eigenvalue weighted by molar-refractivity contribution is 5.94. The van der Waals surface area contributed by atoms with Gasteiger partial charge in [-0.1, -0.05) is 12.8 Å². The van der Waals surface area contributed by atoms with Crippen molar-refractivity contribution >= 4 is 5.91 Å². The van der Waals surface area contributed by atoms with Crippen molar-refractivity contribution in [1.82, 2.24) is 15.5 Å². The van der Waals surface area contributed by atoms with Crippen molar-refractivity contribution in [3.63, 3.8) is 0 Å². The summed E-state index contributed by atoms with van der Waals surface area (Å²) in [6.45, 7) is 1.21. The third-order valence-corrected chi connectivity index (χ3v) is 3.60. The molecule has 2 N–H and O–H groups in total. The van der Waals surface area contributed by atoms with Crippen LogP contribution in [0.1, 0.15) is 47.4 Å². The van der Waals surface area contributed by atoms with Gasteiger partial charge < -0.3 is 10.1 Å². The van der Waals surface area contributed by atoms with Gasteiger partial charge in [0.2, 0.25) is 0 Å². The van der Waals surface area contributed by atoms with Crippen LogP contribution < -0.4 is 5.32 Å². The van der Waals surface area contributed by atoms with Crippen molar-refractivity contribution in [1.29, 1.82) is 0 Å². The zero-order valence-corrected chi connectivity index (χ0v) is 9.79. The number of ether oxygens (including phenoxy) is 1. The lowest BCUT2D eigenvalue weighted by Crippen LogP contribution is -2.33. The van der Waals surface area contributed by atoms with Crippen LogP contribution in [0, 0.1) is 0 Å². The minimum absolute atomic E-state index is 0.0556. The van der Waals surface area contributed by atoms with Gasteiger partial charge in [-0.05, 0) is 12.8 Å². The van der Waals surface area contributed by atoms with Gasteiger partial charge in [-0.25, -0.2) is 0 Å². The van der Waals surface area contributed by atoms with Crippen LogP contribution in [0.4, 0.5) is 0 Å². The van der Waals surface area contributed by atoms with Gasteiger partial charge in [-0.3, -0.25) is 9.89 Å². The summed E-state index contributed by atoms with van der Waals surface area (Å²) in [5.41, 5.74) is 2.51. The lowest BCUT2D eigenvalue weighted by atomic mass is 10.1. The van der Waals surface area contributed by atoms with Crippen LogP contribution in [0.3, 0.4) is 0 Å². The van der Waals surface area contributed by atoms with E-state index in [9.17, 15) is 4.79 Å². The number of H-pyrrole nitrogens is 1. The smallest absolute Gasteiger partial charge is 0.272 e. The SMILES string of the molecule is O=C(NC1CCCC1)c1n[nH]c2c1COCC2. The van der Waals surface area contributed by atoms with Crippen molar-refractivity contribution in [3.8, 4) is 0 Å². The molecule has 2 heterocycles. The Kier molecular flexibility index (Phi) is 2.84. The topological polar surface area (TPSA) is 67.0 Å². The number of nitrogens with one attached hydrogen (secondary N) is 2. The van der Waals surface area contributed by atoms with Gasteiger partial charge in [0.25, 0.3) is 5.91 Å². The number of fused-ring (bicyclic) bond motifs is 1. The lowest BCUT2D eigenvalue weighted by Gasteiger charge is -2.14. The van der Waals surface area contributed by atoms with Gasteiger partial charge in [0.05, 0.1) is 13.2 Å². The van der Waals surface area contributed by atoms with Crippen molar-refractivity contribution in [2.24, 2.45) is 0 Å². The zero-order chi connectivity index (χ0) is 11.7. The van der Waals surface area contributed by atoms with Gasteiger partial charge in [-0.2, -0.15) is 5.10 Å². The minimum Gasteiger partial charge on any atom is -0.376 e. The van der Waals surface area contributed by atoms with E-state index in [2.05, 4.69) is 15.5 Å². The molecule has 5 nitrogen and oxygen atoms in total. The molecule has 0 radical (unpaired) electrons. The first kappa shape index (κ1) is 10.8. The molecule has 3 rings (SSSR count). The summed E-state index contributed by atoms with van der Waals surface area (Å²) >= 11 is 0. The Morgan fingerprint density at radius 3 is 3.06 bits per heavy atom. The highest BCUT2D eigenvalue weighted by atomic mass is 16.5. The van der Waals surface area contributed by atoms with Gasteiger partial charge in [0.15, 0.2) is 5.69 Å². The molecule has 0 atom stereocenters. The number of carbonyl (C=O) groups is 1. The summed E-state index contributed by atoms with van der Waals surface area (Å²) in [7, 11) is 0. The first-order valence-corrected chi connectivity index (χ1v) is 6.29. The summed E-state index contributed by atoms with van der Waals surface area (Å²) in [6.07, 6.45) is 5.43. The van der Waals surface area contributed by atoms with Gasteiger partial charge in [0.1, 0.15) is 0 Å². The number of hydrogen-bond donors (Lipinski definition) is 2. The van der Waals surface area contributed by atoms with E-state index in [-0.39, 0.29) is 5.91 Å². The fraction of sp³-hybridized carbons (Fsp3) is 0.667. The fourth-order valence-corrected chi connectivity index (χ4v) is 2.62. The summed E-state index contributed by atoms with van der Waals surface area (Å²) in [4.78, 5) is 12.1. The average molecular weight is 235 g/mol. The summed E-state index contributed by atoms with van der Waals surface area (Å²) in [6, 6.07) is 0.333. The van der Waals surface area contributed by atoms with Crippen LogP contribution in [-0.2, 0) is 17.8 Å². The quantitative estimate of drug-likeness (QED) is 0.808. The van der Waals surface area contributed by atoms with E-state index >= 15 is 0 Å². The Hall–Kier alpha value is -1.36. The molecule has 0 bridgehead atoms. The van der Waals surface area contributed by atoms with Crippen LogP contribution in [-0.4, -0.2) is 28.8 Å². The number of hydrogen-bond acceptors (Lipinski definition) is 3. The number of aromatic nitrogens is 2. The molecule has 0 unspecified atom stereocenters. The number of aromatic amines is 1. The van der Waals surface area contributed by atoms with Crippen molar-refractivity contribution in [2.75, 3.05) is 6.61 Å². The number of nitrogens with zero attached hydrogens (tertiary/aromatic N) is 1. The molecule has 92 valence electrons. The third kappa shape index (κ3) is 2.07. The monoisotopic (exact) mass is 235 g/mol. The second-order valence-electron chi connectivity index (χ2n) is 4.79. The van der Waals surface area contributed by atoms with E-state index < -0.39 is 0 Å². The van der Waals surface area contributed by atoms with Crippen LogP contribution in [0.25, 0.3) is 0 Å². The maximum atomic E-state index is 12.1. The standard InChI is InChI=1S/C12H17N3O2/c16-12(13-8-3-1-2-4-8)11-9-7-17-6-5-10(9)14-15-11/h8H,1-7H2,(H,13,16)(H,14,15). The lowest BCUT2D eigenvalue weighted by molar-refractivity contribution is 0.0911. The maximum Gasteiger partial charge on any atom is 0.272 e. The molecule has 2 aliphatic rings. The molecule has 1 aromatic heterocycles. The molecule has 1 aromatic rings. The normalized spacial score (nSPS) is 20.2. The van der Waals surface area contributed by atoms with Crippen molar-refractivity contribution in [2.45, 2.75) is 44.8 Å². The largest absolute Gasteiger partial charge is 0.376 e. The molecular weight excluding hydrogens is 218 g/mol. The second kappa shape index (κ2) is 4.49. The molecule has 0 spiro atoms. The summed E-state index contributed by atoms with van der Waals surface area (Å²) < 4.78 is 5.38. The van der Waals surface area contributed by atoms with Gasteiger partial charge in [-0.15, -0.1) is 0 Å². The maximum absolute atomic E-state index is 12.1. The Balaban J connectivity index is 1.74. The van der Waals surface area contributed by atoms with E-state index in [0.29, 0.717) is 24.9 Å². The van der Waals surface area contributed by atoms with Crippen LogP contribution >= 0.6 is 0 Å². The zero-order valence-electron chi connectivity index (χ0n) is 9.79.